The third-order valence-electron chi connectivity index (χ3n) is 1.50. The number of nitrogens with zero attached hydrogens (tertiary/aromatic N) is 2. The molecule has 0 radical (unpaired) electrons. The SMILES string of the molecule is CCCCC(=O)C(=[N+]=[N-])C(=O)OC. The highest BCUT2D eigenvalue weighted by Crippen LogP contribution is 1.96. The van der Waals surface area contributed by atoms with Crippen molar-refractivity contribution < 1.29 is 19.1 Å². The van der Waals surface area contributed by atoms with E-state index in [1.54, 1.807) is 0 Å². The molecule has 5 nitrogen and oxygen atoms in total. The van der Waals surface area contributed by atoms with Crippen LogP contribution in [0.1, 0.15) is 26.2 Å². The Kier molecular flexibility index (Phi) is 5.39. The van der Waals surface area contributed by atoms with E-state index in [1.807, 2.05) is 6.92 Å². The molecule has 0 spiro atoms. The summed E-state index contributed by atoms with van der Waals surface area (Å²) in [5.41, 5.74) is 7.83. The third kappa shape index (κ3) is 3.62. The fourth-order valence-electron chi connectivity index (χ4n) is 0.763. The number of unbranched alkanes of at least 4 members (excludes halogenated alkanes) is 1. The Bertz CT molecular complexity index is 254. The number of esters is 1. The number of carbonyl (C=O) groups is 2. The van der Waals surface area contributed by atoms with Crippen LogP contribution in [0.5, 0.6) is 0 Å². The van der Waals surface area contributed by atoms with Gasteiger partial charge in [-0.1, -0.05) is 13.3 Å². The summed E-state index contributed by atoms with van der Waals surface area (Å²) in [5, 5.41) is 0. The van der Waals surface area contributed by atoms with Crippen molar-refractivity contribution in [1.82, 2.24) is 0 Å². The van der Waals surface area contributed by atoms with Crippen LogP contribution in [0.4, 0.5) is 0 Å². The summed E-state index contributed by atoms with van der Waals surface area (Å²) in [6.45, 7) is 1.92. The van der Waals surface area contributed by atoms with Crippen LogP contribution in [0.2, 0.25) is 0 Å². The minimum atomic E-state index is -0.899. The van der Waals surface area contributed by atoms with Crippen molar-refractivity contribution in [3.8, 4) is 0 Å². The highest BCUT2D eigenvalue weighted by atomic mass is 16.5. The molecule has 0 aromatic rings. The fourth-order valence-corrected chi connectivity index (χ4v) is 0.763. The van der Waals surface area contributed by atoms with Gasteiger partial charge in [0, 0.05) is 6.42 Å². The molecule has 0 amide bonds. The molecular formula is C8H12N2O3. The number of methoxy groups -OCH3 is 1. The molecule has 0 rings (SSSR count). The highest BCUT2D eigenvalue weighted by Gasteiger charge is 2.29. The zero-order valence-corrected chi connectivity index (χ0v) is 7.74. The molecule has 0 bridgehead atoms. The van der Waals surface area contributed by atoms with Gasteiger partial charge in [-0.2, -0.15) is 4.79 Å². The molecule has 0 heterocycles. The average Bonchev–Trinajstić information content (AvgIpc) is 2.15. The third-order valence-corrected chi connectivity index (χ3v) is 1.50. The second-order valence-corrected chi connectivity index (χ2v) is 2.47. The summed E-state index contributed by atoms with van der Waals surface area (Å²) in [6.07, 6.45) is 1.70. The van der Waals surface area contributed by atoms with Crippen LogP contribution in [0.15, 0.2) is 0 Å². The van der Waals surface area contributed by atoms with Crippen molar-refractivity contribution in [3.05, 3.63) is 5.53 Å². The molecule has 0 aliphatic rings. The Morgan fingerprint density at radius 3 is 2.46 bits per heavy atom. The first-order chi connectivity index (χ1) is 6.17. The lowest BCUT2D eigenvalue weighted by atomic mass is 10.1. The summed E-state index contributed by atoms with van der Waals surface area (Å²) < 4.78 is 4.25. The van der Waals surface area contributed by atoms with Gasteiger partial charge in [-0.25, -0.2) is 4.79 Å². The van der Waals surface area contributed by atoms with E-state index in [0.29, 0.717) is 6.42 Å². The van der Waals surface area contributed by atoms with Crippen molar-refractivity contribution >= 4 is 17.5 Å². The molecule has 0 saturated carbocycles. The van der Waals surface area contributed by atoms with Crippen LogP contribution < -0.4 is 0 Å². The van der Waals surface area contributed by atoms with Crippen LogP contribution in [0, 0.1) is 0 Å². The quantitative estimate of drug-likeness (QED) is 0.206. The van der Waals surface area contributed by atoms with Crippen LogP contribution in [-0.2, 0) is 14.3 Å². The maximum absolute atomic E-state index is 11.1. The fraction of sp³-hybridized carbons (Fsp3) is 0.625. The first kappa shape index (κ1) is 11.5. The van der Waals surface area contributed by atoms with Gasteiger partial charge in [-0.05, 0) is 6.42 Å². The van der Waals surface area contributed by atoms with Crippen LogP contribution in [0.25, 0.3) is 5.53 Å². The minimum absolute atomic E-state index is 0.199. The van der Waals surface area contributed by atoms with Crippen molar-refractivity contribution in [2.75, 3.05) is 7.11 Å². The lowest BCUT2D eigenvalue weighted by molar-refractivity contribution is -0.139. The van der Waals surface area contributed by atoms with Gasteiger partial charge in [0.25, 0.3) is 5.78 Å². The predicted octanol–water partition coefficient (Wildman–Crippen LogP) is 0.589. The first-order valence-corrected chi connectivity index (χ1v) is 4.00. The largest absolute Gasteiger partial charge is 0.460 e. The van der Waals surface area contributed by atoms with Gasteiger partial charge in [-0.3, -0.25) is 4.79 Å². The molecule has 0 aliphatic heterocycles. The topological polar surface area (TPSA) is 79.8 Å². The van der Waals surface area contributed by atoms with Crippen molar-refractivity contribution in [1.29, 1.82) is 0 Å². The number of rotatable bonds is 5. The zero-order chi connectivity index (χ0) is 10.3. The molecule has 0 atom stereocenters. The van der Waals surface area contributed by atoms with E-state index in [0.717, 1.165) is 13.5 Å². The zero-order valence-electron chi connectivity index (χ0n) is 7.74. The van der Waals surface area contributed by atoms with E-state index >= 15 is 0 Å². The van der Waals surface area contributed by atoms with Gasteiger partial charge >= 0.3 is 11.7 Å². The van der Waals surface area contributed by atoms with E-state index in [2.05, 4.69) is 9.53 Å². The van der Waals surface area contributed by atoms with Gasteiger partial charge in [0.15, 0.2) is 0 Å². The lowest BCUT2D eigenvalue weighted by Crippen LogP contribution is -2.26. The number of hydrogen-bond donors (Lipinski definition) is 0. The molecule has 0 aliphatic carbocycles. The highest BCUT2D eigenvalue weighted by molar-refractivity contribution is 6.62. The Balaban J connectivity index is 4.35. The van der Waals surface area contributed by atoms with Crippen molar-refractivity contribution in [2.45, 2.75) is 26.2 Å². The summed E-state index contributed by atoms with van der Waals surface area (Å²) in [4.78, 5) is 24.6. The van der Waals surface area contributed by atoms with Gasteiger partial charge in [0.2, 0.25) is 0 Å². The Hall–Kier alpha value is -1.48. The molecule has 0 aromatic carbocycles. The normalized spacial score (nSPS) is 8.77. The predicted molar refractivity (Wildman–Crippen MR) is 45.2 cm³/mol. The van der Waals surface area contributed by atoms with Gasteiger partial charge in [0.1, 0.15) is 0 Å². The average molecular weight is 184 g/mol. The Morgan fingerprint density at radius 2 is 2.08 bits per heavy atom. The molecule has 72 valence electrons. The monoisotopic (exact) mass is 184 g/mol. The number of hydrogen-bond acceptors (Lipinski definition) is 3. The van der Waals surface area contributed by atoms with Gasteiger partial charge in [0.05, 0.1) is 7.11 Å². The summed E-state index contributed by atoms with van der Waals surface area (Å²) in [5.74, 6) is -1.39. The van der Waals surface area contributed by atoms with Crippen LogP contribution in [-0.4, -0.2) is 29.4 Å². The molecule has 0 saturated heterocycles. The van der Waals surface area contributed by atoms with E-state index < -0.39 is 17.5 Å². The molecule has 0 N–H and O–H groups in total. The molecule has 5 heteroatoms. The lowest BCUT2D eigenvalue weighted by Gasteiger charge is -1.93. The maximum Gasteiger partial charge on any atom is 0.441 e. The van der Waals surface area contributed by atoms with Crippen LogP contribution >= 0.6 is 0 Å². The molecule has 0 aromatic heterocycles. The number of ether oxygens (including phenoxy) is 1. The Morgan fingerprint density at radius 1 is 1.46 bits per heavy atom. The molecule has 0 unspecified atom stereocenters. The number of Topliss-reactive ketones (excluding diaryl/α,β-unsaturated/α-hetero) is 1. The second kappa shape index (κ2) is 6.08. The smallest absolute Gasteiger partial charge is 0.441 e. The van der Waals surface area contributed by atoms with E-state index in [4.69, 9.17) is 5.53 Å². The van der Waals surface area contributed by atoms with Crippen LogP contribution in [0.3, 0.4) is 0 Å². The van der Waals surface area contributed by atoms with E-state index in [-0.39, 0.29) is 6.42 Å². The molecule has 13 heavy (non-hydrogen) atoms. The molecular weight excluding hydrogens is 172 g/mol. The van der Waals surface area contributed by atoms with E-state index in [9.17, 15) is 9.59 Å². The van der Waals surface area contributed by atoms with Gasteiger partial charge < -0.3 is 10.3 Å². The van der Waals surface area contributed by atoms with Crippen molar-refractivity contribution in [3.63, 3.8) is 0 Å². The molecule has 0 fully saturated rings. The first-order valence-electron chi connectivity index (χ1n) is 4.00. The summed E-state index contributed by atoms with van der Waals surface area (Å²) in [7, 11) is 1.13. The maximum atomic E-state index is 11.1. The Labute approximate surface area is 76.3 Å². The standard InChI is InChI=1S/C8H12N2O3/c1-3-4-5-6(11)7(10-9)8(12)13-2/h3-5H2,1-2H3. The summed E-state index contributed by atoms with van der Waals surface area (Å²) >= 11 is 0. The summed E-state index contributed by atoms with van der Waals surface area (Å²) in [6, 6.07) is 0. The van der Waals surface area contributed by atoms with Crippen molar-refractivity contribution in [2.24, 2.45) is 0 Å². The minimum Gasteiger partial charge on any atom is -0.460 e. The van der Waals surface area contributed by atoms with E-state index in [1.165, 1.54) is 0 Å². The number of carbonyl (C=O) groups excluding carboxylic acids is 2. The van der Waals surface area contributed by atoms with Gasteiger partial charge in [-0.15, -0.1) is 0 Å². The number of ketones is 1. The second-order valence-electron chi connectivity index (χ2n) is 2.47.